The second kappa shape index (κ2) is 6.52. The average Bonchev–Trinajstić information content (AvgIpc) is 3.00. The van der Waals surface area contributed by atoms with Gasteiger partial charge in [-0.2, -0.15) is 0 Å². The third kappa shape index (κ3) is 3.36. The number of amides is 1. The fourth-order valence-corrected chi connectivity index (χ4v) is 2.23. The molecule has 2 rings (SSSR count). The molecular weight excluding hydrogens is 258 g/mol. The van der Waals surface area contributed by atoms with E-state index in [2.05, 4.69) is 4.74 Å². The van der Waals surface area contributed by atoms with Gasteiger partial charge in [-0.25, -0.2) is 4.79 Å². The summed E-state index contributed by atoms with van der Waals surface area (Å²) in [6, 6.07) is 7.05. The van der Waals surface area contributed by atoms with E-state index in [0.29, 0.717) is 18.7 Å². The van der Waals surface area contributed by atoms with E-state index in [-0.39, 0.29) is 18.0 Å². The number of carbonyl (C=O) groups excluding carboxylic acids is 2. The van der Waals surface area contributed by atoms with Crippen molar-refractivity contribution in [1.82, 2.24) is 4.90 Å². The molecule has 5 nitrogen and oxygen atoms in total. The summed E-state index contributed by atoms with van der Waals surface area (Å²) in [6.45, 7) is 1.16. The summed E-state index contributed by atoms with van der Waals surface area (Å²) >= 11 is 0. The van der Waals surface area contributed by atoms with Crippen LogP contribution in [0.1, 0.15) is 28.8 Å². The van der Waals surface area contributed by atoms with Crippen molar-refractivity contribution in [1.29, 1.82) is 0 Å². The highest BCUT2D eigenvalue weighted by atomic mass is 16.5. The molecule has 1 heterocycles. The molecule has 1 aromatic carbocycles. The van der Waals surface area contributed by atoms with Gasteiger partial charge in [0.1, 0.15) is 6.10 Å². The lowest BCUT2D eigenvalue weighted by atomic mass is 10.1. The van der Waals surface area contributed by atoms with Gasteiger partial charge in [-0.05, 0) is 30.5 Å². The van der Waals surface area contributed by atoms with E-state index in [1.54, 1.807) is 24.1 Å². The first-order chi connectivity index (χ1) is 9.61. The van der Waals surface area contributed by atoms with Crippen molar-refractivity contribution in [3.05, 3.63) is 35.4 Å². The van der Waals surface area contributed by atoms with E-state index in [1.807, 2.05) is 12.1 Å². The highest BCUT2D eigenvalue weighted by Gasteiger charge is 2.26. The molecule has 1 aliphatic heterocycles. The van der Waals surface area contributed by atoms with Gasteiger partial charge in [0, 0.05) is 20.2 Å². The van der Waals surface area contributed by atoms with Crippen LogP contribution in [0.3, 0.4) is 0 Å². The van der Waals surface area contributed by atoms with Gasteiger partial charge in [0.2, 0.25) is 0 Å². The van der Waals surface area contributed by atoms with E-state index in [9.17, 15) is 9.59 Å². The van der Waals surface area contributed by atoms with Gasteiger partial charge < -0.3 is 14.4 Å². The number of benzene rings is 1. The summed E-state index contributed by atoms with van der Waals surface area (Å²) in [5.74, 6) is -0.347. The summed E-state index contributed by atoms with van der Waals surface area (Å²) in [5.41, 5.74) is 1.47. The molecule has 0 N–H and O–H groups in total. The highest BCUT2D eigenvalue weighted by Crippen LogP contribution is 2.15. The molecule has 0 unspecified atom stereocenters. The first kappa shape index (κ1) is 14.5. The molecule has 0 spiro atoms. The molecule has 1 amide bonds. The number of esters is 1. The van der Waals surface area contributed by atoms with Gasteiger partial charge in [-0.1, -0.05) is 12.1 Å². The van der Waals surface area contributed by atoms with Gasteiger partial charge >= 0.3 is 5.97 Å². The Kier molecular flexibility index (Phi) is 4.74. The molecule has 0 aliphatic carbocycles. The fourth-order valence-electron chi connectivity index (χ4n) is 2.23. The lowest BCUT2D eigenvalue weighted by Gasteiger charge is -2.20. The lowest BCUT2D eigenvalue weighted by Crippen LogP contribution is -2.35. The topological polar surface area (TPSA) is 55.8 Å². The zero-order chi connectivity index (χ0) is 14.5. The van der Waals surface area contributed by atoms with Crippen LogP contribution in [0.4, 0.5) is 0 Å². The molecule has 1 fully saturated rings. The van der Waals surface area contributed by atoms with Gasteiger partial charge in [-0.3, -0.25) is 4.79 Å². The summed E-state index contributed by atoms with van der Waals surface area (Å²) in [6.07, 6.45) is 1.44. The van der Waals surface area contributed by atoms with Gasteiger partial charge in [0.05, 0.1) is 12.7 Å². The maximum Gasteiger partial charge on any atom is 0.337 e. The Labute approximate surface area is 118 Å². The van der Waals surface area contributed by atoms with Crippen molar-refractivity contribution in [3.8, 4) is 0 Å². The first-order valence-corrected chi connectivity index (χ1v) is 6.65. The van der Waals surface area contributed by atoms with Crippen LogP contribution in [-0.4, -0.2) is 43.6 Å². The molecule has 108 valence electrons. The molecule has 0 bridgehead atoms. The Bertz CT molecular complexity index is 477. The number of rotatable bonds is 4. The average molecular weight is 277 g/mol. The molecule has 0 radical (unpaired) electrons. The van der Waals surface area contributed by atoms with Crippen LogP contribution in [-0.2, 0) is 20.8 Å². The zero-order valence-electron chi connectivity index (χ0n) is 11.8. The Morgan fingerprint density at radius 1 is 1.35 bits per heavy atom. The number of methoxy groups -OCH3 is 1. The quantitative estimate of drug-likeness (QED) is 0.785. The highest BCUT2D eigenvalue weighted by molar-refractivity contribution is 5.89. The van der Waals surface area contributed by atoms with Crippen molar-refractivity contribution >= 4 is 11.9 Å². The van der Waals surface area contributed by atoms with Crippen LogP contribution in [0.5, 0.6) is 0 Å². The predicted octanol–water partition coefficient (Wildman–Crippen LogP) is 1.61. The van der Waals surface area contributed by atoms with Crippen molar-refractivity contribution < 1.29 is 19.1 Å². The monoisotopic (exact) mass is 277 g/mol. The molecule has 1 aliphatic rings. The number of nitrogens with zero attached hydrogens (tertiary/aromatic N) is 1. The molecule has 5 heteroatoms. The van der Waals surface area contributed by atoms with Gasteiger partial charge in [0.15, 0.2) is 0 Å². The number of ether oxygens (including phenoxy) is 2. The Morgan fingerprint density at radius 3 is 2.60 bits per heavy atom. The minimum Gasteiger partial charge on any atom is -0.465 e. The predicted molar refractivity (Wildman–Crippen MR) is 73.2 cm³/mol. The zero-order valence-corrected chi connectivity index (χ0v) is 11.8. The second-order valence-electron chi connectivity index (χ2n) is 4.88. The summed E-state index contributed by atoms with van der Waals surface area (Å²) in [5, 5.41) is 0. The number of hydrogen-bond donors (Lipinski definition) is 0. The second-order valence-corrected chi connectivity index (χ2v) is 4.88. The van der Waals surface area contributed by atoms with Crippen LogP contribution in [0.2, 0.25) is 0 Å². The summed E-state index contributed by atoms with van der Waals surface area (Å²) in [7, 11) is 3.11. The number of likely N-dealkylation sites (N-methyl/N-ethyl adjacent to an activating group) is 1. The molecule has 0 saturated carbocycles. The minimum atomic E-state index is -0.361. The van der Waals surface area contributed by atoms with Gasteiger partial charge in [0.25, 0.3) is 5.91 Å². The fraction of sp³-hybridized carbons (Fsp3) is 0.467. The van der Waals surface area contributed by atoms with Crippen molar-refractivity contribution in [3.63, 3.8) is 0 Å². The third-order valence-corrected chi connectivity index (χ3v) is 3.38. The largest absolute Gasteiger partial charge is 0.465 e. The van der Waals surface area contributed by atoms with Crippen LogP contribution in [0.25, 0.3) is 0 Å². The summed E-state index contributed by atoms with van der Waals surface area (Å²) < 4.78 is 10.0. The maximum absolute atomic E-state index is 12.1. The number of carbonyl (C=O) groups is 2. The Balaban J connectivity index is 1.95. The Hall–Kier alpha value is -1.88. The van der Waals surface area contributed by atoms with Crippen LogP contribution >= 0.6 is 0 Å². The Morgan fingerprint density at radius 2 is 2.05 bits per heavy atom. The third-order valence-electron chi connectivity index (χ3n) is 3.38. The van der Waals surface area contributed by atoms with E-state index in [0.717, 1.165) is 18.4 Å². The van der Waals surface area contributed by atoms with Crippen molar-refractivity contribution in [2.75, 3.05) is 20.8 Å². The molecule has 1 saturated heterocycles. The van der Waals surface area contributed by atoms with E-state index in [1.165, 1.54) is 7.11 Å². The first-order valence-electron chi connectivity index (χ1n) is 6.65. The molecule has 1 aromatic rings. The SMILES string of the molecule is COC(=O)c1ccc(CN(C)C(=O)[C@@H]2CCCO2)cc1. The normalized spacial score (nSPS) is 17.8. The standard InChI is InChI=1S/C15H19NO4/c1-16(14(17)13-4-3-9-20-13)10-11-5-7-12(8-6-11)15(18)19-2/h5-8,13H,3-4,9-10H2,1-2H3/t13-/m0/s1. The molecule has 1 atom stereocenters. The van der Waals surface area contributed by atoms with Crippen molar-refractivity contribution in [2.24, 2.45) is 0 Å². The lowest BCUT2D eigenvalue weighted by molar-refractivity contribution is -0.140. The molecular formula is C15H19NO4. The van der Waals surface area contributed by atoms with Gasteiger partial charge in [-0.15, -0.1) is 0 Å². The van der Waals surface area contributed by atoms with Crippen LogP contribution in [0.15, 0.2) is 24.3 Å². The molecule has 20 heavy (non-hydrogen) atoms. The number of hydrogen-bond acceptors (Lipinski definition) is 4. The van der Waals surface area contributed by atoms with E-state index in [4.69, 9.17) is 4.74 Å². The molecule has 0 aromatic heterocycles. The van der Waals surface area contributed by atoms with Crippen molar-refractivity contribution in [2.45, 2.75) is 25.5 Å². The minimum absolute atomic E-state index is 0.0135. The van der Waals surface area contributed by atoms with E-state index >= 15 is 0 Å². The summed E-state index contributed by atoms with van der Waals surface area (Å²) in [4.78, 5) is 25.1. The smallest absolute Gasteiger partial charge is 0.337 e. The maximum atomic E-state index is 12.1. The van der Waals surface area contributed by atoms with E-state index < -0.39 is 0 Å². The van der Waals surface area contributed by atoms with Crippen LogP contribution < -0.4 is 0 Å². The van der Waals surface area contributed by atoms with Crippen LogP contribution in [0, 0.1) is 0 Å².